The minimum absolute atomic E-state index is 0.719. The average molecular weight is 261 g/mol. The Kier molecular flexibility index (Phi) is 3.31. The van der Waals surface area contributed by atoms with E-state index in [9.17, 15) is 9.59 Å². The van der Waals surface area contributed by atoms with Crippen LogP contribution in [0.4, 0.5) is 0 Å². The van der Waals surface area contributed by atoms with Crippen LogP contribution in [0.15, 0.2) is 36.4 Å². The highest BCUT2D eigenvalue weighted by Crippen LogP contribution is 2.25. The Morgan fingerprint density at radius 1 is 1.21 bits per heavy atom. The van der Waals surface area contributed by atoms with Crippen LogP contribution in [0.1, 0.15) is 27.2 Å². The van der Waals surface area contributed by atoms with E-state index in [0.717, 1.165) is 5.56 Å². The van der Waals surface area contributed by atoms with Crippen LogP contribution >= 0.6 is 0 Å². The topological polar surface area (TPSA) is 52.6 Å². The molecular formula is C15H16O4. The van der Waals surface area contributed by atoms with Crippen molar-refractivity contribution in [3.8, 4) is 0 Å². The van der Waals surface area contributed by atoms with Gasteiger partial charge in [0.2, 0.25) is 0 Å². The summed E-state index contributed by atoms with van der Waals surface area (Å²) in [7, 11) is 0. The quantitative estimate of drug-likeness (QED) is 0.619. The number of benzene rings is 1. The number of hydrogen-bond acceptors (Lipinski definition) is 4. The van der Waals surface area contributed by atoms with Crippen LogP contribution in [0.25, 0.3) is 6.08 Å². The van der Waals surface area contributed by atoms with Crippen molar-refractivity contribution in [2.24, 2.45) is 5.92 Å². The van der Waals surface area contributed by atoms with Gasteiger partial charge in [0.05, 0.1) is 0 Å². The summed E-state index contributed by atoms with van der Waals surface area (Å²) < 4.78 is 17.9. The van der Waals surface area contributed by atoms with Crippen molar-refractivity contribution in [1.29, 1.82) is 0 Å². The van der Waals surface area contributed by atoms with Gasteiger partial charge in [-0.3, -0.25) is 9.59 Å². The van der Waals surface area contributed by atoms with E-state index in [2.05, 4.69) is 0 Å². The van der Waals surface area contributed by atoms with Crippen LogP contribution in [-0.4, -0.2) is 17.7 Å². The van der Waals surface area contributed by atoms with Gasteiger partial charge in [-0.25, -0.2) is 0 Å². The van der Waals surface area contributed by atoms with E-state index >= 15 is 0 Å². The second-order valence-corrected chi connectivity index (χ2v) is 4.68. The number of hydrogen-bond donors (Lipinski definition) is 0. The number of allylic oxidation sites excluding steroid dienone is 1. The molecule has 0 amide bonds. The molecular weight excluding hydrogens is 244 g/mol. The zero-order chi connectivity index (χ0) is 14.8. The van der Waals surface area contributed by atoms with Gasteiger partial charge in [0.25, 0.3) is 5.79 Å². The lowest BCUT2D eigenvalue weighted by Gasteiger charge is -2.32. The number of carbonyl (C=O) groups excluding carboxylic acids is 2. The molecule has 1 unspecified atom stereocenters. The monoisotopic (exact) mass is 261 g/mol. The van der Waals surface area contributed by atoms with Gasteiger partial charge < -0.3 is 9.47 Å². The lowest BCUT2D eigenvalue weighted by Crippen LogP contribution is -2.46. The van der Waals surface area contributed by atoms with Gasteiger partial charge in [0.1, 0.15) is 0 Å². The summed E-state index contributed by atoms with van der Waals surface area (Å²) in [5.41, 5.74) is 0.891. The predicted octanol–water partition coefficient (Wildman–Crippen LogP) is 2.54. The van der Waals surface area contributed by atoms with Crippen molar-refractivity contribution >= 4 is 18.0 Å². The smallest absolute Gasteiger partial charge is 0.323 e. The summed E-state index contributed by atoms with van der Waals surface area (Å²) in [6, 6.07) is 9.34. The molecule has 0 aromatic heterocycles. The molecule has 1 aliphatic heterocycles. The maximum atomic E-state index is 11.8. The first-order valence-corrected chi connectivity index (χ1v) is 6.00. The average Bonchev–Trinajstić information content (AvgIpc) is 2.35. The Balaban J connectivity index is 2.09. The summed E-state index contributed by atoms with van der Waals surface area (Å²) in [6.45, 7) is 2.97. The summed E-state index contributed by atoms with van der Waals surface area (Å²) in [6.07, 6.45) is 2.14. The van der Waals surface area contributed by atoms with Crippen molar-refractivity contribution < 1.29 is 20.4 Å². The van der Waals surface area contributed by atoms with E-state index in [1.807, 2.05) is 30.3 Å². The Labute approximate surface area is 113 Å². The fraction of sp³-hybridized carbons (Fsp3) is 0.333. The van der Waals surface area contributed by atoms with Gasteiger partial charge in [0.15, 0.2) is 5.92 Å². The van der Waals surface area contributed by atoms with Gasteiger partial charge in [0, 0.05) is 15.2 Å². The van der Waals surface area contributed by atoms with Crippen LogP contribution in [0.5, 0.6) is 0 Å². The molecule has 0 radical (unpaired) electrons. The maximum absolute atomic E-state index is 11.8. The zero-order valence-corrected chi connectivity index (χ0v) is 10.8. The molecule has 1 aromatic carbocycles. The largest absolute Gasteiger partial charge is 0.422 e. The summed E-state index contributed by atoms with van der Waals surface area (Å²) in [5.74, 6) is -3.93. The number of rotatable bonds is 3. The van der Waals surface area contributed by atoms with Crippen molar-refractivity contribution in [2.75, 3.05) is 0 Å². The van der Waals surface area contributed by atoms with Crippen molar-refractivity contribution in [3.63, 3.8) is 0 Å². The third-order valence-corrected chi connectivity index (χ3v) is 2.59. The van der Waals surface area contributed by atoms with E-state index < -0.39 is 30.0 Å². The molecule has 0 aliphatic carbocycles. The first kappa shape index (κ1) is 12.0. The van der Waals surface area contributed by atoms with Crippen LogP contribution in [0.3, 0.4) is 0 Å². The third kappa shape index (κ3) is 3.44. The van der Waals surface area contributed by atoms with Gasteiger partial charge in [-0.1, -0.05) is 42.5 Å². The van der Waals surface area contributed by atoms with Crippen molar-refractivity contribution in [1.82, 2.24) is 0 Å². The summed E-state index contributed by atoms with van der Waals surface area (Å²) >= 11 is 0. The SMILES string of the molecule is [2H]C(/C=C/c1ccccc1)C1C(=O)OC(C)(C)OC1=O. The molecule has 100 valence electrons. The molecule has 1 aromatic rings. The van der Waals surface area contributed by atoms with Crippen LogP contribution in [0, 0.1) is 5.92 Å². The molecule has 0 N–H and O–H groups in total. The Bertz CT molecular complexity index is 516. The highest BCUT2D eigenvalue weighted by molar-refractivity contribution is 5.96. The molecule has 1 heterocycles. The fourth-order valence-electron chi connectivity index (χ4n) is 1.73. The minimum Gasteiger partial charge on any atom is -0.422 e. The number of esters is 2. The highest BCUT2D eigenvalue weighted by atomic mass is 16.7. The van der Waals surface area contributed by atoms with Crippen molar-refractivity contribution in [3.05, 3.63) is 42.0 Å². The maximum Gasteiger partial charge on any atom is 0.323 e. The molecule has 0 bridgehead atoms. The fourth-order valence-corrected chi connectivity index (χ4v) is 1.73. The number of carbonyl (C=O) groups is 2. The third-order valence-electron chi connectivity index (χ3n) is 2.59. The normalized spacial score (nSPS) is 21.7. The zero-order valence-electron chi connectivity index (χ0n) is 11.8. The number of cyclic esters (lactones) is 2. The second-order valence-electron chi connectivity index (χ2n) is 4.68. The summed E-state index contributed by atoms with van der Waals surface area (Å²) in [5, 5.41) is 0. The van der Waals surface area contributed by atoms with Crippen molar-refractivity contribution in [2.45, 2.75) is 26.0 Å². The van der Waals surface area contributed by atoms with E-state index in [1.165, 1.54) is 19.9 Å². The van der Waals surface area contributed by atoms with E-state index in [1.54, 1.807) is 6.08 Å². The first-order valence-electron chi connectivity index (χ1n) is 6.58. The Hall–Kier alpha value is -2.10. The van der Waals surface area contributed by atoms with Gasteiger partial charge in [-0.15, -0.1) is 0 Å². The molecule has 0 spiro atoms. The van der Waals surface area contributed by atoms with E-state index in [0.29, 0.717) is 0 Å². The molecule has 4 heteroatoms. The number of ether oxygens (including phenoxy) is 2. The predicted molar refractivity (Wildman–Crippen MR) is 69.8 cm³/mol. The minimum atomic E-state index is -1.26. The molecule has 1 fully saturated rings. The Morgan fingerprint density at radius 2 is 1.79 bits per heavy atom. The first-order chi connectivity index (χ1) is 9.39. The standard InChI is InChI=1S/C15H16O4/c1-15(2)18-13(16)12(14(17)19-15)10-6-9-11-7-4-3-5-8-11/h3-9,12H,10H2,1-2H3/b9-6+/i10D. The van der Waals surface area contributed by atoms with Gasteiger partial charge in [-0.2, -0.15) is 0 Å². The molecule has 1 aliphatic rings. The Morgan fingerprint density at radius 3 is 2.37 bits per heavy atom. The van der Waals surface area contributed by atoms with Gasteiger partial charge in [-0.05, 0) is 12.0 Å². The second kappa shape index (κ2) is 5.26. The molecule has 19 heavy (non-hydrogen) atoms. The lowest BCUT2D eigenvalue weighted by molar-refractivity contribution is -0.239. The summed E-state index contributed by atoms with van der Waals surface area (Å²) in [4.78, 5) is 23.6. The van der Waals surface area contributed by atoms with Crippen LogP contribution in [0.2, 0.25) is 0 Å². The molecule has 4 nitrogen and oxygen atoms in total. The molecule has 2 rings (SSSR count). The highest BCUT2D eigenvalue weighted by Gasteiger charge is 2.42. The van der Waals surface area contributed by atoms with E-state index in [4.69, 9.17) is 10.8 Å². The molecule has 1 atom stereocenters. The van der Waals surface area contributed by atoms with E-state index in [-0.39, 0.29) is 0 Å². The molecule has 0 saturated carbocycles. The van der Waals surface area contributed by atoms with Crippen LogP contribution < -0.4 is 0 Å². The molecule has 1 saturated heterocycles. The lowest BCUT2D eigenvalue weighted by atomic mass is 10.0. The van der Waals surface area contributed by atoms with Gasteiger partial charge >= 0.3 is 11.9 Å². The van der Waals surface area contributed by atoms with Crippen LogP contribution in [-0.2, 0) is 19.1 Å².